The van der Waals surface area contributed by atoms with Gasteiger partial charge in [0, 0.05) is 10.6 Å². The Kier molecular flexibility index (Phi) is 3.81. The lowest BCUT2D eigenvalue weighted by Gasteiger charge is -2.14. The highest BCUT2D eigenvalue weighted by Gasteiger charge is 2.24. The molecule has 102 valence electrons. The molecule has 0 amide bonds. The van der Waals surface area contributed by atoms with Crippen molar-refractivity contribution in [2.75, 3.05) is 11.9 Å². The minimum Gasteiger partial charge on any atom is -0.479 e. The van der Waals surface area contributed by atoms with Gasteiger partial charge in [-0.3, -0.25) is 0 Å². The standard InChI is InChI=1S/C15H13ClN2OS/c16-15-9-12-13(5-6-14(12)20-15)18-10-1-3-11(4-2-10)19-8-7-17/h1-4,9,13,18H,5-6,8H2. The lowest BCUT2D eigenvalue weighted by Crippen LogP contribution is -2.06. The highest BCUT2D eigenvalue weighted by atomic mass is 35.5. The zero-order valence-corrected chi connectivity index (χ0v) is 12.3. The Hall–Kier alpha value is -1.70. The average molecular weight is 305 g/mol. The van der Waals surface area contributed by atoms with Gasteiger partial charge in [0.2, 0.25) is 0 Å². The molecule has 5 heteroatoms. The molecular formula is C15H13ClN2OS. The fourth-order valence-corrected chi connectivity index (χ4v) is 3.80. The van der Waals surface area contributed by atoms with Crippen LogP contribution >= 0.6 is 22.9 Å². The minimum atomic E-state index is 0.0756. The maximum Gasteiger partial charge on any atom is 0.174 e. The maximum absolute atomic E-state index is 8.47. The molecule has 0 fully saturated rings. The fourth-order valence-electron chi connectivity index (χ4n) is 2.44. The average Bonchev–Trinajstić information content (AvgIpc) is 2.99. The smallest absolute Gasteiger partial charge is 0.174 e. The summed E-state index contributed by atoms with van der Waals surface area (Å²) in [6.07, 6.45) is 2.19. The van der Waals surface area contributed by atoms with E-state index < -0.39 is 0 Å². The third-order valence-electron chi connectivity index (χ3n) is 3.35. The molecule has 3 nitrogen and oxygen atoms in total. The zero-order valence-electron chi connectivity index (χ0n) is 10.7. The van der Waals surface area contributed by atoms with E-state index in [9.17, 15) is 0 Å². The number of anilines is 1. The molecule has 0 bridgehead atoms. The van der Waals surface area contributed by atoms with Crippen molar-refractivity contribution in [2.24, 2.45) is 0 Å². The Morgan fingerprint density at radius 2 is 2.20 bits per heavy atom. The number of hydrogen-bond acceptors (Lipinski definition) is 4. The van der Waals surface area contributed by atoms with Gasteiger partial charge in [-0.15, -0.1) is 11.3 Å². The van der Waals surface area contributed by atoms with E-state index in [1.54, 1.807) is 11.3 Å². The van der Waals surface area contributed by atoms with Gasteiger partial charge in [0.25, 0.3) is 0 Å². The number of nitrogens with one attached hydrogen (secondary N) is 1. The van der Waals surface area contributed by atoms with Crippen molar-refractivity contribution in [3.63, 3.8) is 0 Å². The minimum absolute atomic E-state index is 0.0756. The summed E-state index contributed by atoms with van der Waals surface area (Å²) in [6.45, 7) is 0.0756. The normalized spacial score (nSPS) is 16.5. The number of thiophene rings is 1. The van der Waals surface area contributed by atoms with E-state index in [1.165, 1.54) is 10.4 Å². The van der Waals surface area contributed by atoms with Gasteiger partial charge in [0.15, 0.2) is 6.61 Å². The number of benzene rings is 1. The van der Waals surface area contributed by atoms with Crippen molar-refractivity contribution >= 4 is 28.6 Å². The number of halogens is 1. The second-order valence-electron chi connectivity index (χ2n) is 4.64. The molecule has 0 saturated heterocycles. The molecule has 1 aliphatic carbocycles. The molecule has 1 aliphatic rings. The number of nitrogens with zero attached hydrogens (tertiary/aromatic N) is 1. The van der Waals surface area contributed by atoms with Crippen LogP contribution < -0.4 is 10.1 Å². The lowest BCUT2D eigenvalue weighted by molar-refractivity contribution is 0.368. The first kappa shape index (κ1) is 13.3. The van der Waals surface area contributed by atoms with E-state index in [4.69, 9.17) is 21.6 Å². The molecule has 0 saturated carbocycles. The van der Waals surface area contributed by atoms with Gasteiger partial charge in [-0.2, -0.15) is 5.26 Å². The van der Waals surface area contributed by atoms with Crippen molar-refractivity contribution in [1.29, 1.82) is 5.26 Å². The topological polar surface area (TPSA) is 45.0 Å². The Labute approximate surface area is 126 Å². The predicted octanol–water partition coefficient (Wildman–Crippen LogP) is 4.40. The van der Waals surface area contributed by atoms with E-state index in [1.807, 2.05) is 30.3 Å². The van der Waals surface area contributed by atoms with Crippen molar-refractivity contribution in [3.05, 3.63) is 45.1 Å². The summed E-state index contributed by atoms with van der Waals surface area (Å²) in [5, 5.41) is 12.0. The highest BCUT2D eigenvalue weighted by Crippen LogP contribution is 2.40. The van der Waals surface area contributed by atoms with Crippen molar-refractivity contribution in [1.82, 2.24) is 0 Å². The number of hydrogen-bond donors (Lipinski definition) is 1. The van der Waals surface area contributed by atoms with Crippen LogP contribution in [0, 0.1) is 11.3 Å². The Morgan fingerprint density at radius 1 is 1.40 bits per heavy atom. The molecular weight excluding hydrogens is 292 g/mol. The molecule has 1 atom stereocenters. The lowest BCUT2D eigenvalue weighted by atomic mass is 10.1. The SMILES string of the molecule is N#CCOc1ccc(NC2CCc3sc(Cl)cc32)cc1. The van der Waals surface area contributed by atoms with Crippen LogP contribution in [0.1, 0.15) is 22.9 Å². The summed E-state index contributed by atoms with van der Waals surface area (Å²) in [4.78, 5) is 1.39. The van der Waals surface area contributed by atoms with Gasteiger partial charge >= 0.3 is 0 Å². The van der Waals surface area contributed by atoms with Crippen molar-refractivity contribution in [3.8, 4) is 11.8 Å². The summed E-state index contributed by atoms with van der Waals surface area (Å²) < 4.78 is 6.10. The maximum atomic E-state index is 8.47. The predicted molar refractivity (Wildman–Crippen MR) is 81.6 cm³/mol. The van der Waals surface area contributed by atoms with E-state index in [0.717, 1.165) is 22.9 Å². The van der Waals surface area contributed by atoms with E-state index in [2.05, 4.69) is 11.4 Å². The summed E-state index contributed by atoms with van der Waals surface area (Å²) >= 11 is 7.74. The first-order chi connectivity index (χ1) is 9.76. The molecule has 1 aromatic heterocycles. The summed E-state index contributed by atoms with van der Waals surface area (Å²) in [5.41, 5.74) is 2.37. The first-order valence-corrected chi connectivity index (χ1v) is 7.60. The summed E-state index contributed by atoms with van der Waals surface area (Å²) in [7, 11) is 0. The molecule has 1 aromatic carbocycles. The Morgan fingerprint density at radius 3 is 2.95 bits per heavy atom. The first-order valence-electron chi connectivity index (χ1n) is 6.41. The van der Waals surface area contributed by atoms with Gasteiger partial charge in [-0.25, -0.2) is 0 Å². The third-order valence-corrected chi connectivity index (χ3v) is 4.69. The molecule has 1 N–H and O–H groups in total. The van der Waals surface area contributed by atoms with Gasteiger partial charge in [-0.1, -0.05) is 11.6 Å². The van der Waals surface area contributed by atoms with E-state index in [-0.39, 0.29) is 6.61 Å². The number of nitriles is 1. The second-order valence-corrected chi connectivity index (χ2v) is 6.40. The van der Waals surface area contributed by atoms with Crippen LogP contribution in [-0.2, 0) is 6.42 Å². The molecule has 20 heavy (non-hydrogen) atoms. The van der Waals surface area contributed by atoms with Crippen LogP contribution in [0.4, 0.5) is 5.69 Å². The van der Waals surface area contributed by atoms with Gasteiger partial charge in [0.1, 0.15) is 11.8 Å². The van der Waals surface area contributed by atoms with Gasteiger partial charge in [-0.05, 0) is 48.7 Å². The highest BCUT2D eigenvalue weighted by molar-refractivity contribution is 7.16. The van der Waals surface area contributed by atoms with Crippen LogP contribution in [0.3, 0.4) is 0 Å². The fraction of sp³-hybridized carbons (Fsp3) is 0.267. The summed E-state index contributed by atoms with van der Waals surface area (Å²) in [5.74, 6) is 0.711. The van der Waals surface area contributed by atoms with Crippen molar-refractivity contribution < 1.29 is 4.74 Å². The summed E-state index contributed by atoms with van der Waals surface area (Å²) in [6, 6.07) is 12.0. The number of ether oxygens (including phenoxy) is 1. The molecule has 0 aliphatic heterocycles. The number of rotatable bonds is 4. The van der Waals surface area contributed by atoms with Crippen LogP contribution in [-0.4, -0.2) is 6.61 Å². The Balaban J connectivity index is 1.68. The molecule has 2 aromatic rings. The largest absolute Gasteiger partial charge is 0.479 e. The second kappa shape index (κ2) is 5.74. The zero-order chi connectivity index (χ0) is 13.9. The van der Waals surface area contributed by atoms with Crippen LogP contribution in [0.2, 0.25) is 4.34 Å². The Bertz CT molecular complexity index is 645. The molecule has 3 rings (SSSR count). The van der Waals surface area contributed by atoms with Crippen molar-refractivity contribution in [2.45, 2.75) is 18.9 Å². The van der Waals surface area contributed by atoms with E-state index >= 15 is 0 Å². The van der Waals surface area contributed by atoms with Crippen LogP contribution in [0.15, 0.2) is 30.3 Å². The third kappa shape index (κ3) is 2.74. The van der Waals surface area contributed by atoms with E-state index in [0.29, 0.717) is 11.8 Å². The molecule has 1 heterocycles. The van der Waals surface area contributed by atoms with Crippen LogP contribution in [0.5, 0.6) is 5.75 Å². The number of aryl methyl sites for hydroxylation is 1. The molecule has 0 spiro atoms. The monoisotopic (exact) mass is 304 g/mol. The van der Waals surface area contributed by atoms with Crippen LogP contribution in [0.25, 0.3) is 0 Å². The van der Waals surface area contributed by atoms with Gasteiger partial charge < -0.3 is 10.1 Å². The quantitative estimate of drug-likeness (QED) is 0.910. The van der Waals surface area contributed by atoms with Gasteiger partial charge in [0.05, 0.1) is 10.4 Å². The number of fused-ring (bicyclic) bond motifs is 1. The molecule has 0 radical (unpaired) electrons. The molecule has 1 unspecified atom stereocenters.